The van der Waals surface area contributed by atoms with Crippen molar-refractivity contribution in [1.29, 1.82) is 0 Å². The van der Waals surface area contributed by atoms with Crippen molar-refractivity contribution in [2.24, 2.45) is 4.99 Å². The number of benzene rings is 2. The predicted molar refractivity (Wildman–Crippen MR) is 146 cm³/mol. The van der Waals surface area contributed by atoms with Crippen molar-refractivity contribution >= 4 is 41.5 Å². The average molecular weight is 552 g/mol. The van der Waals surface area contributed by atoms with E-state index in [0.29, 0.717) is 6.04 Å². The van der Waals surface area contributed by atoms with Crippen molar-refractivity contribution in [3.05, 3.63) is 65.7 Å². The molecule has 0 aliphatic carbocycles. The highest BCUT2D eigenvalue weighted by Gasteiger charge is 2.09. The van der Waals surface area contributed by atoms with Gasteiger partial charge in [0.25, 0.3) is 0 Å². The quantitative estimate of drug-likeness (QED) is 0.222. The molecule has 0 aliphatic rings. The molecule has 0 radical (unpaired) electrons. The van der Waals surface area contributed by atoms with Gasteiger partial charge in [-0.2, -0.15) is 0 Å². The second-order valence-electron chi connectivity index (χ2n) is 7.85. The maximum absolute atomic E-state index is 11.1. The lowest BCUT2D eigenvalue weighted by Crippen LogP contribution is -2.38. The number of carbonyl (C=O) groups excluding carboxylic acids is 1. The summed E-state index contributed by atoms with van der Waals surface area (Å²) in [5, 5.41) is 9.52. The standard InChI is InChI=1S/C25H37N5O.HI/c1-5-26-25(28-18-16-22-11-13-24(14-12-22)29-21(3)31)27-17-15-20(2)30(4)19-23-9-7-6-8-10-23;/h6-14,20H,5,15-19H2,1-4H3,(H,29,31)(H2,26,27,28);1H. The van der Waals surface area contributed by atoms with E-state index in [1.165, 1.54) is 18.1 Å². The Morgan fingerprint density at radius 3 is 2.34 bits per heavy atom. The number of aliphatic imine (C=N–C) groups is 1. The van der Waals surface area contributed by atoms with Crippen LogP contribution < -0.4 is 16.0 Å². The number of anilines is 1. The highest BCUT2D eigenvalue weighted by molar-refractivity contribution is 14.0. The van der Waals surface area contributed by atoms with E-state index in [-0.39, 0.29) is 29.9 Å². The van der Waals surface area contributed by atoms with Gasteiger partial charge < -0.3 is 16.0 Å². The monoisotopic (exact) mass is 551 g/mol. The molecular weight excluding hydrogens is 513 g/mol. The Morgan fingerprint density at radius 2 is 1.72 bits per heavy atom. The van der Waals surface area contributed by atoms with E-state index < -0.39 is 0 Å². The van der Waals surface area contributed by atoms with Gasteiger partial charge in [0.15, 0.2) is 5.96 Å². The van der Waals surface area contributed by atoms with E-state index in [2.05, 4.69) is 72.1 Å². The largest absolute Gasteiger partial charge is 0.357 e. The van der Waals surface area contributed by atoms with Crippen LogP contribution in [0.3, 0.4) is 0 Å². The van der Waals surface area contributed by atoms with Crippen LogP contribution >= 0.6 is 24.0 Å². The topological polar surface area (TPSA) is 68.8 Å². The first-order chi connectivity index (χ1) is 15.0. The minimum Gasteiger partial charge on any atom is -0.357 e. The molecule has 1 amide bonds. The van der Waals surface area contributed by atoms with Crippen LogP contribution in [0.1, 0.15) is 38.3 Å². The molecule has 32 heavy (non-hydrogen) atoms. The molecule has 0 saturated heterocycles. The molecule has 2 rings (SSSR count). The maximum atomic E-state index is 11.1. The first kappa shape index (κ1) is 27.9. The molecule has 0 aliphatic heterocycles. The van der Waals surface area contributed by atoms with Gasteiger partial charge in [-0.3, -0.25) is 14.7 Å². The fraction of sp³-hybridized carbons (Fsp3) is 0.440. The summed E-state index contributed by atoms with van der Waals surface area (Å²) >= 11 is 0. The van der Waals surface area contributed by atoms with E-state index in [9.17, 15) is 4.79 Å². The van der Waals surface area contributed by atoms with E-state index in [4.69, 9.17) is 4.99 Å². The number of hydrogen-bond donors (Lipinski definition) is 3. The zero-order valence-corrected chi connectivity index (χ0v) is 22.1. The molecule has 3 N–H and O–H groups in total. The number of halogens is 1. The van der Waals surface area contributed by atoms with Gasteiger partial charge >= 0.3 is 0 Å². The maximum Gasteiger partial charge on any atom is 0.221 e. The molecule has 2 aromatic rings. The fourth-order valence-corrected chi connectivity index (χ4v) is 3.24. The Bertz CT molecular complexity index is 811. The number of guanidine groups is 1. The number of nitrogens with one attached hydrogen (secondary N) is 3. The van der Waals surface area contributed by atoms with Gasteiger partial charge in [0.1, 0.15) is 0 Å². The Morgan fingerprint density at radius 1 is 1.03 bits per heavy atom. The number of carbonyl (C=O) groups is 1. The van der Waals surface area contributed by atoms with E-state index in [1.54, 1.807) is 0 Å². The second-order valence-corrected chi connectivity index (χ2v) is 7.85. The fourth-order valence-electron chi connectivity index (χ4n) is 3.24. The van der Waals surface area contributed by atoms with Crippen molar-refractivity contribution in [2.75, 3.05) is 32.0 Å². The summed E-state index contributed by atoms with van der Waals surface area (Å²) in [4.78, 5) is 18.2. The van der Waals surface area contributed by atoms with Gasteiger partial charge in [0.2, 0.25) is 5.91 Å². The van der Waals surface area contributed by atoms with Gasteiger partial charge in [0, 0.05) is 44.8 Å². The molecule has 0 fully saturated rings. The number of amides is 1. The van der Waals surface area contributed by atoms with Crippen LogP contribution in [-0.4, -0.2) is 49.5 Å². The minimum absolute atomic E-state index is 0. The van der Waals surface area contributed by atoms with Gasteiger partial charge in [-0.1, -0.05) is 42.5 Å². The zero-order valence-electron chi connectivity index (χ0n) is 19.7. The predicted octanol–water partition coefficient (Wildman–Crippen LogP) is 4.27. The second kappa shape index (κ2) is 15.6. The first-order valence-corrected chi connectivity index (χ1v) is 11.1. The van der Waals surface area contributed by atoms with E-state index in [1.807, 2.05) is 24.3 Å². The summed E-state index contributed by atoms with van der Waals surface area (Å²) in [5.74, 6) is 0.803. The van der Waals surface area contributed by atoms with Crippen LogP contribution in [0.2, 0.25) is 0 Å². The summed E-state index contributed by atoms with van der Waals surface area (Å²) < 4.78 is 0. The van der Waals surface area contributed by atoms with Crippen molar-refractivity contribution in [1.82, 2.24) is 15.5 Å². The third-order valence-electron chi connectivity index (χ3n) is 5.17. The molecular formula is C25H38IN5O. The van der Waals surface area contributed by atoms with Crippen LogP contribution in [0, 0.1) is 0 Å². The molecule has 1 atom stereocenters. The molecule has 0 heterocycles. The Labute approximate surface area is 210 Å². The lowest BCUT2D eigenvalue weighted by molar-refractivity contribution is -0.114. The molecule has 0 aromatic heterocycles. The number of rotatable bonds is 11. The van der Waals surface area contributed by atoms with Crippen molar-refractivity contribution < 1.29 is 4.79 Å². The van der Waals surface area contributed by atoms with Crippen molar-refractivity contribution in [3.63, 3.8) is 0 Å². The van der Waals surface area contributed by atoms with Gasteiger partial charge in [-0.15, -0.1) is 24.0 Å². The molecule has 6 nitrogen and oxygen atoms in total. The normalized spacial score (nSPS) is 12.1. The Kier molecular flexibility index (Phi) is 13.6. The van der Waals surface area contributed by atoms with Crippen LogP contribution in [0.25, 0.3) is 0 Å². The van der Waals surface area contributed by atoms with E-state index in [0.717, 1.165) is 50.7 Å². The van der Waals surface area contributed by atoms with E-state index >= 15 is 0 Å². The molecule has 2 aromatic carbocycles. The SMILES string of the molecule is CCNC(=NCCC(C)N(C)Cc1ccccc1)NCCc1ccc(NC(C)=O)cc1.I. The first-order valence-electron chi connectivity index (χ1n) is 11.1. The highest BCUT2D eigenvalue weighted by atomic mass is 127. The Hall–Kier alpha value is -2.13. The van der Waals surface area contributed by atoms with Crippen LogP contribution in [-0.2, 0) is 17.8 Å². The summed E-state index contributed by atoms with van der Waals surface area (Å²) in [6.07, 6.45) is 1.89. The zero-order chi connectivity index (χ0) is 22.5. The number of hydrogen-bond acceptors (Lipinski definition) is 3. The lowest BCUT2D eigenvalue weighted by Gasteiger charge is -2.24. The average Bonchev–Trinajstić information content (AvgIpc) is 2.75. The third-order valence-corrected chi connectivity index (χ3v) is 5.17. The van der Waals surface area contributed by atoms with Gasteiger partial charge in [-0.05, 0) is 57.0 Å². The summed E-state index contributed by atoms with van der Waals surface area (Å²) in [5.41, 5.74) is 3.37. The van der Waals surface area contributed by atoms with Gasteiger partial charge in [-0.25, -0.2) is 0 Å². The smallest absolute Gasteiger partial charge is 0.221 e. The molecule has 1 unspecified atom stereocenters. The minimum atomic E-state index is -0.0542. The molecule has 176 valence electrons. The molecule has 7 heteroatoms. The molecule has 0 bridgehead atoms. The summed E-state index contributed by atoms with van der Waals surface area (Å²) in [6, 6.07) is 19.0. The van der Waals surface area contributed by atoms with Crippen LogP contribution in [0.5, 0.6) is 0 Å². The highest BCUT2D eigenvalue weighted by Crippen LogP contribution is 2.10. The van der Waals surface area contributed by atoms with Crippen molar-refractivity contribution in [3.8, 4) is 0 Å². The van der Waals surface area contributed by atoms with Crippen molar-refractivity contribution in [2.45, 2.75) is 46.2 Å². The van der Waals surface area contributed by atoms with Crippen LogP contribution in [0.4, 0.5) is 5.69 Å². The molecule has 0 saturated carbocycles. The third kappa shape index (κ3) is 10.9. The summed E-state index contributed by atoms with van der Waals surface area (Å²) in [6.45, 7) is 9.21. The van der Waals surface area contributed by atoms with Crippen LogP contribution in [0.15, 0.2) is 59.6 Å². The molecule has 0 spiro atoms. The lowest BCUT2D eigenvalue weighted by atomic mass is 10.1. The Balaban J connectivity index is 0.00000512. The van der Waals surface area contributed by atoms with Gasteiger partial charge in [0.05, 0.1) is 0 Å². The number of nitrogens with zero attached hydrogens (tertiary/aromatic N) is 2. The summed E-state index contributed by atoms with van der Waals surface area (Å²) in [7, 11) is 2.17.